The van der Waals surface area contributed by atoms with Crippen LogP contribution in [0, 0.1) is 10.1 Å². The standard InChI is InChI=1S/C9H6BrN3O3S/c10-6-2-4-17-9(6)7(14)5-12-3-1-8(11-12)13(15)16/h1-4H,5H2. The SMILES string of the molecule is O=C(Cn1ccc([N+](=O)[O-])n1)c1sccc1Br. The van der Waals surface area contributed by atoms with Gasteiger partial charge in [0.05, 0.1) is 22.2 Å². The van der Waals surface area contributed by atoms with Crippen molar-refractivity contribution >= 4 is 38.9 Å². The van der Waals surface area contributed by atoms with Crippen molar-refractivity contribution < 1.29 is 9.72 Å². The van der Waals surface area contributed by atoms with Gasteiger partial charge in [0.15, 0.2) is 5.78 Å². The number of rotatable bonds is 4. The second kappa shape index (κ2) is 4.76. The smallest absolute Gasteiger partial charge is 0.358 e. The summed E-state index contributed by atoms with van der Waals surface area (Å²) in [4.78, 5) is 22.2. The first-order valence-corrected chi connectivity index (χ1v) is 6.19. The quantitative estimate of drug-likeness (QED) is 0.493. The van der Waals surface area contributed by atoms with Crippen LogP contribution in [-0.2, 0) is 6.54 Å². The molecule has 2 heterocycles. The summed E-state index contributed by atoms with van der Waals surface area (Å²) in [6.07, 6.45) is 1.41. The van der Waals surface area contributed by atoms with Gasteiger partial charge in [-0.25, -0.2) is 0 Å². The van der Waals surface area contributed by atoms with Crippen LogP contribution in [0.4, 0.5) is 5.82 Å². The molecule has 8 heteroatoms. The number of halogens is 1. The summed E-state index contributed by atoms with van der Waals surface area (Å²) in [5.41, 5.74) is 0. The van der Waals surface area contributed by atoms with E-state index < -0.39 is 4.92 Å². The first-order chi connectivity index (χ1) is 8.08. The maximum atomic E-state index is 11.8. The number of nitro groups is 1. The fraction of sp³-hybridized carbons (Fsp3) is 0.111. The number of aromatic nitrogens is 2. The Morgan fingerprint density at radius 3 is 2.88 bits per heavy atom. The Hall–Kier alpha value is -1.54. The van der Waals surface area contributed by atoms with Crippen LogP contribution in [0.1, 0.15) is 9.67 Å². The van der Waals surface area contributed by atoms with E-state index in [9.17, 15) is 14.9 Å². The highest BCUT2D eigenvalue weighted by Crippen LogP contribution is 2.23. The van der Waals surface area contributed by atoms with Crippen LogP contribution < -0.4 is 0 Å². The van der Waals surface area contributed by atoms with Gasteiger partial charge in [0, 0.05) is 4.47 Å². The molecule has 0 fully saturated rings. The third-order valence-corrected chi connectivity index (χ3v) is 3.87. The summed E-state index contributed by atoms with van der Waals surface area (Å²) in [5, 5.41) is 15.9. The zero-order valence-electron chi connectivity index (χ0n) is 8.37. The molecule has 0 aromatic carbocycles. The lowest BCUT2D eigenvalue weighted by molar-refractivity contribution is -0.389. The zero-order valence-corrected chi connectivity index (χ0v) is 10.8. The summed E-state index contributed by atoms with van der Waals surface area (Å²) in [6, 6.07) is 3.04. The number of hydrogen-bond donors (Lipinski definition) is 0. The number of Topliss-reactive ketones (excluding diaryl/α,β-unsaturated/α-hetero) is 1. The van der Waals surface area contributed by atoms with Crippen LogP contribution in [0.5, 0.6) is 0 Å². The van der Waals surface area contributed by atoms with E-state index in [2.05, 4.69) is 21.0 Å². The molecular weight excluding hydrogens is 310 g/mol. The molecule has 17 heavy (non-hydrogen) atoms. The lowest BCUT2D eigenvalue weighted by Gasteiger charge is -1.95. The highest BCUT2D eigenvalue weighted by molar-refractivity contribution is 9.10. The number of carbonyl (C=O) groups excluding carboxylic acids is 1. The molecule has 2 aromatic rings. The number of carbonyl (C=O) groups is 1. The first kappa shape index (κ1) is 11.9. The Labute approximate surface area is 108 Å². The van der Waals surface area contributed by atoms with E-state index in [0.717, 1.165) is 4.47 Å². The van der Waals surface area contributed by atoms with Crippen LogP contribution in [0.15, 0.2) is 28.2 Å². The molecule has 0 aliphatic carbocycles. The largest absolute Gasteiger partial charge is 0.389 e. The van der Waals surface area contributed by atoms with Crippen molar-refractivity contribution in [3.63, 3.8) is 0 Å². The van der Waals surface area contributed by atoms with Crippen molar-refractivity contribution in [2.45, 2.75) is 6.54 Å². The minimum atomic E-state index is -0.595. The summed E-state index contributed by atoms with van der Waals surface area (Å²) >= 11 is 4.58. The minimum absolute atomic E-state index is 0.00699. The second-order valence-electron chi connectivity index (χ2n) is 3.15. The van der Waals surface area contributed by atoms with Crippen molar-refractivity contribution in [3.05, 3.63) is 43.2 Å². The molecule has 0 radical (unpaired) electrons. The Bertz CT molecular complexity index is 578. The van der Waals surface area contributed by atoms with Gasteiger partial charge in [-0.1, -0.05) is 0 Å². The van der Waals surface area contributed by atoms with E-state index in [1.807, 2.05) is 0 Å². The van der Waals surface area contributed by atoms with E-state index in [-0.39, 0.29) is 18.1 Å². The van der Waals surface area contributed by atoms with E-state index in [1.54, 1.807) is 11.4 Å². The maximum Gasteiger partial charge on any atom is 0.389 e. The van der Waals surface area contributed by atoms with Crippen molar-refractivity contribution in [2.75, 3.05) is 0 Å². The van der Waals surface area contributed by atoms with Gasteiger partial charge in [-0.15, -0.1) is 11.3 Å². The fourth-order valence-electron chi connectivity index (χ4n) is 1.25. The van der Waals surface area contributed by atoms with Crippen molar-refractivity contribution in [3.8, 4) is 0 Å². The average molecular weight is 316 g/mol. The zero-order chi connectivity index (χ0) is 12.4. The maximum absolute atomic E-state index is 11.8. The molecule has 0 unspecified atom stereocenters. The molecule has 0 saturated heterocycles. The van der Waals surface area contributed by atoms with Gasteiger partial charge in [-0.3, -0.25) is 4.79 Å². The van der Waals surface area contributed by atoms with Gasteiger partial charge in [0.2, 0.25) is 0 Å². The molecule has 0 bridgehead atoms. The molecule has 2 aromatic heterocycles. The number of hydrogen-bond acceptors (Lipinski definition) is 5. The van der Waals surface area contributed by atoms with Gasteiger partial charge >= 0.3 is 5.82 Å². The van der Waals surface area contributed by atoms with Crippen molar-refractivity contribution in [1.82, 2.24) is 9.78 Å². The highest BCUT2D eigenvalue weighted by Gasteiger charge is 2.16. The van der Waals surface area contributed by atoms with Crippen molar-refractivity contribution in [1.29, 1.82) is 0 Å². The Kier molecular flexibility index (Phi) is 3.34. The molecule has 0 aliphatic rings. The number of ketones is 1. The lowest BCUT2D eigenvalue weighted by atomic mass is 10.3. The summed E-state index contributed by atoms with van der Waals surface area (Å²) < 4.78 is 1.99. The van der Waals surface area contributed by atoms with Crippen LogP contribution in [0.3, 0.4) is 0 Å². The third kappa shape index (κ3) is 2.59. The predicted octanol–water partition coefficient (Wildman–Crippen LogP) is 2.50. The Morgan fingerprint density at radius 2 is 2.35 bits per heavy atom. The third-order valence-electron chi connectivity index (χ3n) is 1.99. The normalized spacial score (nSPS) is 10.4. The van der Waals surface area contributed by atoms with Gasteiger partial charge in [0.25, 0.3) is 0 Å². The number of thiophene rings is 1. The van der Waals surface area contributed by atoms with Gasteiger partial charge in [0.1, 0.15) is 6.54 Å². The van der Waals surface area contributed by atoms with Crippen LogP contribution in [0.25, 0.3) is 0 Å². The van der Waals surface area contributed by atoms with Gasteiger partial charge in [-0.2, -0.15) is 4.68 Å². The van der Waals surface area contributed by atoms with Crippen molar-refractivity contribution in [2.24, 2.45) is 0 Å². The van der Waals surface area contributed by atoms with Crippen LogP contribution in [-0.4, -0.2) is 20.5 Å². The summed E-state index contributed by atoms with van der Waals surface area (Å²) in [6.45, 7) is -0.00699. The predicted molar refractivity (Wildman–Crippen MR) is 65.2 cm³/mol. The first-order valence-electron chi connectivity index (χ1n) is 4.52. The van der Waals surface area contributed by atoms with E-state index in [0.29, 0.717) is 4.88 Å². The molecule has 0 atom stereocenters. The molecule has 0 amide bonds. The van der Waals surface area contributed by atoms with Crippen LogP contribution in [0.2, 0.25) is 0 Å². The Morgan fingerprint density at radius 1 is 1.59 bits per heavy atom. The average Bonchev–Trinajstić information content (AvgIpc) is 2.86. The molecule has 0 aliphatic heterocycles. The summed E-state index contributed by atoms with van der Waals surface area (Å²) in [5.74, 6) is -0.395. The molecule has 6 nitrogen and oxygen atoms in total. The molecular formula is C9H6BrN3O3S. The van der Waals surface area contributed by atoms with Gasteiger partial charge < -0.3 is 10.1 Å². The lowest BCUT2D eigenvalue weighted by Crippen LogP contribution is -2.10. The van der Waals surface area contributed by atoms with Gasteiger partial charge in [-0.05, 0) is 32.3 Å². The molecule has 0 N–H and O–H groups in total. The highest BCUT2D eigenvalue weighted by atomic mass is 79.9. The van der Waals surface area contributed by atoms with E-state index in [4.69, 9.17) is 0 Å². The van der Waals surface area contributed by atoms with E-state index >= 15 is 0 Å². The minimum Gasteiger partial charge on any atom is -0.358 e. The summed E-state index contributed by atoms with van der Waals surface area (Å²) in [7, 11) is 0. The molecule has 2 rings (SSSR count). The number of nitrogens with zero attached hydrogens (tertiary/aromatic N) is 3. The van der Waals surface area contributed by atoms with E-state index in [1.165, 1.54) is 28.3 Å². The second-order valence-corrected chi connectivity index (χ2v) is 4.92. The fourth-order valence-corrected chi connectivity index (χ4v) is 2.77. The molecule has 0 saturated carbocycles. The monoisotopic (exact) mass is 315 g/mol. The molecule has 0 spiro atoms. The molecule has 88 valence electrons. The topological polar surface area (TPSA) is 78.0 Å². The Balaban J connectivity index is 2.13. The van der Waals surface area contributed by atoms with Crippen LogP contribution >= 0.6 is 27.3 Å².